The average molecular weight is 733 g/mol. The van der Waals surface area contributed by atoms with Crippen LogP contribution in [0.4, 0.5) is 0 Å². The van der Waals surface area contributed by atoms with Crippen molar-refractivity contribution in [3.8, 4) is 0 Å². The molecule has 3 aromatic carbocycles. The van der Waals surface area contributed by atoms with Crippen LogP contribution >= 0.6 is 19.0 Å². The van der Waals surface area contributed by atoms with Crippen molar-refractivity contribution in [3.05, 3.63) is 91.0 Å². The summed E-state index contributed by atoms with van der Waals surface area (Å²) in [5.41, 5.74) is 5.72. The third-order valence-electron chi connectivity index (χ3n) is 7.13. The van der Waals surface area contributed by atoms with Crippen LogP contribution in [0, 0.1) is 0 Å². The van der Waals surface area contributed by atoms with Crippen LogP contribution in [-0.2, 0) is 33.4 Å². The molecule has 3 rings (SSSR count). The number of nitrogens with one attached hydrogen (secondary N) is 2. The minimum atomic E-state index is -2.24. The third-order valence-corrected chi connectivity index (χ3v) is 12.6. The smallest absolute Gasteiger partial charge is 0.325 e. The van der Waals surface area contributed by atoms with Crippen molar-refractivity contribution >= 4 is 63.8 Å². The minimum Gasteiger partial charge on any atom is -1.00 e. The highest BCUT2D eigenvalue weighted by molar-refractivity contribution is 8.13. The summed E-state index contributed by atoms with van der Waals surface area (Å²) in [5.74, 6) is -2.57. The fourth-order valence-corrected chi connectivity index (χ4v) is 9.99. The molecule has 0 saturated carbocycles. The van der Waals surface area contributed by atoms with Crippen molar-refractivity contribution in [2.45, 2.75) is 31.3 Å². The van der Waals surface area contributed by atoms with Gasteiger partial charge in [0.2, 0.25) is 11.8 Å². The molecule has 0 fully saturated rings. The zero-order valence-corrected chi connectivity index (χ0v) is 29.0. The van der Waals surface area contributed by atoms with Gasteiger partial charge in [-0.1, -0.05) is 66.4 Å². The van der Waals surface area contributed by atoms with Gasteiger partial charge in [0.25, 0.3) is 0 Å². The first-order valence-corrected chi connectivity index (χ1v) is 17.3. The lowest BCUT2D eigenvalue weighted by Crippen LogP contribution is -3.00. The number of hydrogen-bond acceptors (Lipinski definition) is 9. The molecule has 0 saturated heterocycles. The largest absolute Gasteiger partial charge is 1.00 e. The lowest BCUT2D eigenvalue weighted by atomic mass is 10.1. The molecule has 0 radical (unpaired) electrons. The number of esters is 2. The molecular formula is C33H39BrN3O7PS. The SMILES string of the molecule is COC(=O)CNC(=O)C(CSC(=O)CC[P+](c1ccccc1)(c1ccccc1)c1ccccc1)NC(=O)CCC(N)C(=O)OC.[Br-]. The number of rotatable bonds is 16. The number of amides is 2. The van der Waals surface area contributed by atoms with Gasteiger partial charge < -0.3 is 42.8 Å². The number of ether oxygens (including phenoxy) is 2. The Kier molecular flexibility index (Phi) is 16.7. The number of carbonyl (C=O) groups excluding carboxylic acids is 5. The molecular weight excluding hydrogens is 693 g/mol. The zero-order chi connectivity index (χ0) is 32.7. The molecule has 0 aliphatic carbocycles. The summed E-state index contributed by atoms with van der Waals surface area (Å²) in [5, 5.41) is 8.34. The number of benzene rings is 3. The van der Waals surface area contributed by atoms with Gasteiger partial charge in [-0.15, -0.1) is 0 Å². The maximum atomic E-state index is 13.4. The molecule has 2 unspecified atom stereocenters. The van der Waals surface area contributed by atoms with E-state index in [0.717, 1.165) is 27.7 Å². The summed E-state index contributed by atoms with van der Waals surface area (Å²) in [6.07, 6.45) is 0.641. The van der Waals surface area contributed by atoms with E-state index in [-0.39, 0.29) is 47.1 Å². The molecule has 46 heavy (non-hydrogen) atoms. The van der Waals surface area contributed by atoms with E-state index >= 15 is 0 Å². The Morgan fingerprint density at radius 3 is 1.74 bits per heavy atom. The van der Waals surface area contributed by atoms with Crippen LogP contribution in [0.2, 0.25) is 0 Å². The second-order valence-electron chi connectivity index (χ2n) is 10.1. The Morgan fingerprint density at radius 1 is 0.783 bits per heavy atom. The van der Waals surface area contributed by atoms with Crippen molar-refractivity contribution < 1.29 is 50.4 Å². The highest BCUT2D eigenvalue weighted by Gasteiger charge is 2.45. The lowest BCUT2D eigenvalue weighted by molar-refractivity contribution is -0.142. The molecule has 2 atom stereocenters. The van der Waals surface area contributed by atoms with Crippen molar-refractivity contribution in [1.29, 1.82) is 0 Å². The first kappa shape index (κ1) is 38.6. The maximum absolute atomic E-state index is 13.4. The molecule has 0 aliphatic rings. The van der Waals surface area contributed by atoms with Crippen LogP contribution < -0.4 is 49.3 Å². The van der Waals surface area contributed by atoms with Gasteiger partial charge in [-0.2, -0.15) is 0 Å². The number of methoxy groups -OCH3 is 2. The molecule has 0 aliphatic heterocycles. The summed E-state index contributed by atoms with van der Waals surface area (Å²) >= 11 is 0.942. The van der Waals surface area contributed by atoms with Crippen LogP contribution in [0.1, 0.15) is 19.3 Å². The van der Waals surface area contributed by atoms with E-state index < -0.39 is 49.6 Å². The summed E-state index contributed by atoms with van der Waals surface area (Å²) < 4.78 is 9.16. The number of nitrogens with two attached hydrogens (primary N) is 1. The molecule has 0 spiro atoms. The van der Waals surface area contributed by atoms with Crippen molar-refractivity contribution in [2.75, 3.05) is 32.7 Å². The van der Waals surface area contributed by atoms with E-state index in [1.54, 1.807) is 0 Å². The van der Waals surface area contributed by atoms with Gasteiger partial charge in [-0.25, -0.2) is 0 Å². The maximum Gasteiger partial charge on any atom is 0.325 e. The van der Waals surface area contributed by atoms with E-state index in [0.29, 0.717) is 6.16 Å². The molecule has 0 heterocycles. The Balaban J connectivity index is 0.00000736. The van der Waals surface area contributed by atoms with Gasteiger partial charge in [0.05, 0.1) is 26.8 Å². The van der Waals surface area contributed by atoms with Crippen molar-refractivity contribution in [3.63, 3.8) is 0 Å². The Labute approximate surface area is 284 Å². The molecule has 2 amide bonds. The Bertz CT molecular complexity index is 1340. The molecule has 3 aromatic rings. The minimum absolute atomic E-state index is 0. The quantitative estimate of drug-likeness (QED) is 0.120. The van der Waals surface area contributed by atoms with Gasteiger partial charge in [0.1, 0.15) is 41.8 Å². The average Bonchev–Trinajstić information content (AvgIpc) is 3.09. The fourth-order valence-electron chi connectivity index (χ4n) is 4.75. The lowest BCUT2D eigenvalue weighted by Gasteiger charge is -2.27. The number of hydrogen-bond donors (Lipinski definition) is 3. The van der Waals surface area contributed by atoms with Crippen LogP contribution in [0.15, 0.2) is 91.0 Å². The summed E-state index contributed by atoms with van der Waals surface area (Å²) in [6.45, 7) is -0.397. The van der Waals surface area contributed by atoms with E-state index in [2.05, 4.69) is 56.5 Å². The molecule has 246 valence electrons. The molecule has 13 heteroatoms. The van der Waals surface area contributed by atoms with Gasteiger partial charge in [0.15, 0.2) is 5.12 Å². The highest BCUT2D eigenvalue weighted by Crippen LogP contribution is 2.55. The highest BCUT2D eigenvalue weighted by atomic mass is 79.9. The van der Waals surface area contributed by atoms with Gasteiger partial charge in [-0.05, 0) is 42.8 Å². The molecule has 4 N–H and O–H groups in total. The van der Waals surface area contributed by atoms with Gasteiger partial charge in [0, 0.05) is 12.2 Å². The fraction of sp³-hybridized carbons (Fsp3) is 0.303. The third kappa shape index (κ3) is 11.0. The number of halogens is 1. The van der Waals surface area contributed by atoms with Crippen LogP contribution in [0.25, 0.3) is 0 Å². The van der Waals surface area contributed by atoms with Crippen LogP contribution in [0.5, 0.6) is 0 Å². The second-order valence-corrected chi connectivity index (χ2v) is 14.7. The summed E-state index contributed by atoms with van der Waals surface area (Å²) in [4.78, 5) is 62.2. The van der Waals surface area contributed by atoms with Crippen LogP contribution in [-0.4, -0.2) is 73.6 Å². The standard InChI is InChI=1S/C33H38N3O7PS.BrH/c1-42-30(38)22-35-32(40)28(36-29(37)19-18-27(34)33(41)43-2)23-45-31(39)20-21-44(24-12-6-3-7-13-24,25-14-8-4-9-15-25)26-16-10-5-11-17-26;/h3-17,27-28H,18-23,34H2,1-2H3,(H-,35,36,37,40);1H. The van der Waals surface area contributed by atoms with E-state index in [1.165, 1.54) is 14.2 Å². The monoisotopic (exact) mass is 731 g/mol. The second kappa shape index (κ2) is 19.8. The molecule has 10 nitrogen and oxygen atoms in total. The summed E-state index contributed by atoms with van der Waals surface area (Å²) in [6, 6.07) is 28.5. The van der Waals surface area contributed by atoms with E-state index in [9.17, 15) is 24.0 Å². The van der Waals surface area contributed by atoms with Crippen molar-refractivity contribution in [2.24, 2.45) is 5.73 Å². The first-order chi connectivity index (χ1) is 21.7. The van der Waals surface area contributed by atoms with Gasteiger partial charge in [-0.3, -0.25) is 24.0 Å². The first-order valence-electron chi connectivity index (χ1n) is 14.4. The zero-order valence-electron chi connectivity index (χ0n) is 25.7. The van der Waals surface area contributed by atoms with E-state index in [1.807, 2.05) is 54.6 Å². The van der Waals surface area contributed by atoms with Crippen LogP contribution in [0.3, 0.4) is 0 Å². The number of thioether (sulfide) groups is 1. The Hall–Kier alpha value is -3.57. The molecule has 0 aromatic heterocycles. The topological polar surface area (TPSA) is 154 Å². The number of carbonyl (C=O) groups is 5. The molecule has 0 bridgehead atoms. The Morgan fingerprint density at radius 2 is 1.28 bits per heavy atom. The predicted molar refractivity (Wildman–Crippen MR) is 178 cm³/mol. The predicted octanol–water partition coefficient (Wildman–Crippen LogP) is -1.31. The normalized spacial score (nSPS) is 12.1. The van der Waals surface area contributed by atoms with Gasteiger partial charge >= 0.3 is 11.9 Å². The van der Waals surface area contributed by atoms with E-state index in [4.69, 9.17) is 5.73 Å². The summed E-state index contributed by atoms with van der Waals surface area (Å²) in [7, 11) is 0.153. The van der Waals surface area contributed by atoms with Crippen molar-refractivity contribution in [1.82, 2.24) is 10.6 Å².